The Morgan fingerprint density at radius 1 is 1.26 bits per heavy atom. The fourth-order valence-electron chi connectivity index (χ4n) is 2.02. The number of benzene rings is 1. The third kappa shape index (κ3) is 5.63. The van der Waals surface area contributed by atoms with Crippen LogP contribution in [0, 0.1) is 5.41 Å². The summed E-state index contributed by atoms with van der Waals surface area (Å²) in [7, 11) is 0. The smallest absolute Gasteiger partial charge is 0.422 e. The van der Waals surface area contributed by atoms with Gasteiger partial charge in [0.15, 0.2) is 6.61 Å². The van der Waals surface area contributed by atoms with Crippen LogP contribution >= 0.6 is 0 Å². The number of hydrogen-bond acceptors (Lipinski definition) is 3. The number of urea groups is 1. The van der Waals surface area contributed by atoms with E-state index in [4.69, 9.17) is 9.84 Å². The molecule has 2 rings (SSSR count). The SMILES string of the molecule is O=C(NCc1ccccc1OCC(F)(F)F)NCC1(CO)CC1. The van der Waals surface area contributed by atoms with E-state index in [2.05, 4.69) is 10.6 Å². The first kappa shape index (κ1) is 17.4. The van der Waals surface area contributed by atoms with Gasteiger partial charge in [0.1, 0.15) is 5.75 Å². The number of nitrogens with one attached hydrogen (secondary N) is 2. The lowest BCUT2D eigenvalue weighted by Crippen LogP contribution is -2.39. The van der Waals surface area contributed by atoms with Gasteiger partial charge in [-0.25, -0.2) is 4.79 Å². The Labute approximate surface area is 131 Å². The normalized spacial score (nSPS) is 15.8. The second kappa shape index (κ2) is 7.08. The van der Waals surface area contributed by atoms with Crippen molar-refractivity contribution in [2.24, 2.45) is 5.41 Å². The molecule has 1 saturated carbocycles. The van der Waals surface area contributed by atoms with E-state index in [1.807, 2.05) is 0 Å². The van der Waals surface area contributed by atoms with Crippen LogP contribution in [0.15, 0.2) is 24.3 Å². The molecule has 0 aliphatic heterocycles. The van der Waals surface area contributed by atoms with Crippen molar-refractivity contribution in [2.45, 2.75) is 25.6 Å². The number of rotatable bonds is 7. The van der Waals surface area contributed by atoms with Crippen LogP contribution in [-0.2, 0) is 6.54 Å². The Kier molecular flexibility index (Phi) is 5.35. The summed E-state index contributed by atoms with van der Waals surface area (Å²) in [6.45, 7) is -0.926. The molecule has 3 N–H and O–H groups in total. The van der Waals surface area contributed by atoms with E-state index in [1.54, 1.807) is 18.2 Å². The van der Waals surface area contributed by atoms with E-state index in [0.29, 0.717) is 12.1 Å². The highest BCUT2D eigenvalue weighted by Gasteiger charge is 2.42. The molecule has 1 aromatic rings. The minimum atomic E-state index is -4.42. The van der Waals surface area contributed by atoms with E-state index < -0.39 is 18.8 Å². The van der Waals surface area contributed by atoms with Crippen molar-refractivity contribution in [2.75, 3.05) is 19.8 Å². The highest BCUT2D eigenvalue weighted by molar-refractivity contribution is 5.74. The minimum absolute atomic E-state index is 0.0292. The molecule has 128 valence electrons. The number of aliphatic hydroxyl groups excluding tert-OH is 1. The van der Waals surface area contributed by atoms with Gasteiger partial charge in [-0.1, -0.05) is 18.2 Å². The highest BCUT2D eigenvalue weighted by Crippen LogP contribution is 2.44. The van der Waals surface area contributed by atoms with Crippen LogP contribution in [0.2, 0.25) is 0 Å². The number of aliphatic hydroxyl groups is 1. The largest absolute Gasteiger partial charge is 0.484 e. The number of carbonyl (C=O) groups is 1. The maximum absolute atomic E-state index is 12.2. The number of halogens is 3. The van der Waals surface area contributed by atoms with Crippen LogP contribution in [0.5, 0.6) is 5.75 Å². The molecule has 1 aliphatic rings. The van der Waals surface area contributed by atoms with Gasteiger partial charge in [-0.3, -0.25) is 0 Å². The summed E-state index contributed by atoms with van der Waals surface area (Å²) in [5, 5.41) is 14.4. The second-order valence-corrected chi connectivity index (χ2v) is 5.71. The summed E-state index contributed by atoms with van der Waals surface area (Å²) in [4.78, 5) is 11.7. The van der Waals surface area contributed by atoms with Crippen molar-refractivity contribution in [3.63, 3.8) is 0 Å². The van der Waals surface area contributed by atoms with Crippen molar-refractivity contribution in [3.05, 3.63) is 29.8 Å². The summed E-state index contributed by atoms with van der Waals surface area (Å²) in [6.07, 6.45) is -2.67. The van der Waals surface area contributed by atoms with Gasteiger partial charge in [0.05, 0.1) is 6.61 Å². The molecule has 0 saturated heterocycles. The van der Waals surface area contributed by atoms with Crippen LogP contribution < -0.4 is 15.4 Å². The van der Waals surface area contributed by atoms with Gasteiger partial charge in [0, 0.05) is 24.1 Å². The molecule has 1 aromatic carbocycles. The number of carbonyl (C=O) groups excluding carboxylic acids is 1. The van der Waals surface area contributed by atoms with Crippen molar-refractivity contribution < 1.29 is 27.8 Å². The van der Waals surface area contributed by atoms with Gasteiger partial charge in [0.25, 0.3) is 0 Å². The Balaban J connectivity index is 1.81. The Hall–Kier alpha value is -1.96. The second-order valence-electron chi connectivity index (χ2n) is 5.71. The summed E-state index contributed by atoms with van der Waals surface area (Å²) in [5.74, 6) is 0.0825. The number of alkyl halides is 3. The average molecular weight is 332 g/mol. The van der Waals surface area contributed by atoms with Crippen LogP contribution in [0.4, 0.5) is 18.0 Å². The lowest BCUT2D eigenvalue weighted by Gasteiger charge is -2.15. The molecule has 8 heteroatoms. The van der Waals surface area contributed by atoms with Crippen molar-refractivity contribution in [1.29, 1.82) is 0 Å². The van der Waals surface area contributed by atoms with Crippen LogP contribution in [-0.4, -0.2) is 37.1 Å². The van der Waals surface area contributed by atoms with Crippen molar-refractivity contribution in [3.8, 4) is 5.75 Å². The Morgan fingerprint density at radius 2 is 1.96 bits per heavy atom. The van der Waals surface area contributed by atoms with E-state index >= 15 is 0 Å². The number of hydrogen-bond donors (Lipinski definition) is 3. The summed E-state index contributed by atoms with van der Waals surface area (Å²) in [6, 6.07) is 5.79. The predicted molar refractivity (Wildman–Crippen MR) is 77.0 cm³/mol. The molecule has 2 amide bonds. The van der Waals surface area contributed by atoms with Crippen molar-refractivity contribution >= 4 is 6.03 Å². The zero-order valence-corrected chi connectivity index (χ0v) is 12.4. The molecule has 0 unspecified atom stereocenters. The molecule has 5 nitrogen and oxygen atoms in total. The standard InChI is InChI=1S/C15H19F3N2O3/c16-15(17,18)10-23-12-4-2-1-3-11(12)7-19-13(22)20-8-14(9-21)5-6-14/h1-4,21H,5-10H2,(H2,19,20,22). The average Bonchev–Trinajstić information content (AvgIpc) is 3.29. The number of para-hydroxylation sites is 1. The Bertz CT molecular complexity index is 545. The molecule has 0 radical (unpaired) electrons. The first-order valence-corrected chi connectivity index (χ1v) is 7.24. The summed E-state index contributed by atoms with van der Waals surface area (Å²) < 4.78 is 41.4. The first-order chi connectivity index (χ1) is 10.8. The van der Waals surface area contributed by atoms with Gasteiger partial charge < -0.3 is 20.5 Å². The van der Waals surface area contributed by atoms with E-state index in [9.17, 15) is 18.0 Å². The maximum atomic E-state index is 12.2. The number of ether oxygens (including phenoxy) is 1. The summed E-state index contributed by atoms with van der Waals surface area (Å²) >= 11 is 0. The molecule has 0 atom stereocenters. The number of amides is 2. The van der Waals surface area contributed by atoms with E-state index in [-0.39, 0.29) is 24.3 Å². The molecule has 1 aliphatic carbocycles. The molecule has 0 heterocycles. The van der Waals surface area contributed by atoms with Crippen molar-refractivity contribution in [1.82, 2.24) is 10.6 Å². The molecule has 0 spiro atoms. The fraction of sp³-hybridized carbons (Fsp3) is 0.533. The molecule has 0 bridgehead atoms. The molecule has 1 fully saturated rings. The molecule has 0 aromatic heterocycles. The minimum Gasteiger partial charge on any atom is -0.484 e. The first-order valence-electron chi connectivity index (χ1n) is 7.24. The summed E-state index contributed by atoms with van der Waals surface area (Å²) in [5.41, 5.74) is 0.251. The van der Waals surface area contributed by atoms with E-state index in [1.165, 1.54) is 6.07 Å². The van der Waals surface area contributed by atoms with Gasteiger partial charge >= 0.3 is 12.2 Å². The Morgan fingerprint density at radius 3 is 2.57 bits per heavy atom. The van der Waals surface area contributed by atoms with Gasteiger partial charge in [-0.15, -0.1) is 0 Å². The van der Waals surface area contributed by atoms with Gasteiger partial charge in [-0.2, -0.15) is 13.2 Å². The third-order valence-corrected chi connectivity index (χ3v) is 3.72. The van der Waals surface area contributed by atoms with Crippen LogP contribution in [0.25, 0.3) is 0 Å². The molecular formula is C15H19F3N2O3. The lowest BCUT2D eigenvalue weighted by atomic mass is 10.1. The van der Waals surface area contributed by atoms with E-state index in [0.717, 1.165) is 12.8 Å². The highest BCUT2D eigenvalue weighted by atomic mass is 19.4. The van der Waals surface area contributed by atoms with Gasteiger partial charge in [-0.05, 0) is 18.9 Å². The quantitative estimate of drug-likeness (QED) is 0.717. The lowest BCUT2D eigenvalue weighted by molar-refractivity contribution is -0.153. The zero-order chi connectivity index (χ0) is 16.9. The molecular weight excluding hydrogens is 313 g/mol. The predicted octanol–water partition coefficient (Wildman–Crippen LogP) is 2.20. The fourth-order valence-corrected chi connectivity index (χ4v) is 2.02. The maximum Gasteiger partial charge on any atom is 0.422 e. The van der Waals surface area contributed by atoms with Gasteiger partial charge in [0.2, 0.25) is 0 Å². The monoisotopic (exact) mass is 332 g/mol. The van der Waals surface area contributed by atoms with Crippen LogP contribution in [0.3, 0.4) is 0 Å². The third-order valence-electron chi connectivity index (χ3n) is 3.72. The topological polar surface area (TPSA) is 70.6 Å². The molecule has 23 heavy (non-hydrogen) atoms. The zero-order valence-electron chi connectivity index (χ0n) is 12.4. The van der Waals surface area contributed by atoms with Crippen LogP contribution in [0.1, 0.15) is 18.4 Å².